The van der Waals surface area contributed by atoms with Crippen molar-refractivity contribution in [2.45, 2.75) is 39.2 Å². The summed E-state index contributed by atoms with van der Waals surface area (Å²) in [5.74, 6) is 0.659. The molecule has 1 aromatic heterocycles. The number of aryl methyl sites for hydroxylation is 1. The lowest BCUT2D eigenvalue weighted by Crippen LogP contribution is -2.46. The van der Waals surface area contributed by atoms with Crippen LogP contribution in [0.25, 0.3) is 0 Å². The molecule has 2 heterocycles. The van der Waals surface area contributed by atoms with Gasteiger partial charge >= 0.3 is 12.2 Å². The topological polar surface area (TPSA) is 79.6 Å². The van der Waals surface area contributed by atoms with Crippen molar-refractivity contribution in [3.8, 4) is 0 Å². The Labute approximate surface area is 159 Å². The third-order valence-corrected chi connectivity index (χ3v) is 4.19. The van der Waals surface area contributed by atoms with E-state index in [9.17, 15) is 18.0 Å². The highest BCUT2D eigenvalue weighted by molar-refractivity contribution is 5.99. The molecule has 2 atom stereocenters. The van der Waals surface area contributed by atoms with Gasteiger partial charge in [-0.05, 0) is 39.0 Å². The number of anilines is 3. The van der Waals surface area contributed by atoms with Crippen LogP contribution in [0.3, 0.4) is 0 Å². The van der Waals surface area contributed by atoms with Crippen molar-refractivity contribution in [3.63, 3.8) is 0 Å². The first-order chi connectivity index (χ1) is 13.1. The van der Waals surface area contributed by atoms with Gasteiger partial charge in [0.05, 0.1) is 17.8 Å². The minimum Gasteiger partial charge on any atom is -0.372 e. The Kier molecular flexibility index (Phi) is 5.50. The van der Waals surface area contributed by atoms with Crippen molar-refractivity contribution >= 4 is 23.2 Å². The van der Waals surface area contributed by atoms with Gasteiger partial charge in [0, 0.05) is 30.5 Å². The molecule has 28 heavy (non-hydrogen) atoms. The molecule has 10 heteroatoms. The van der Waals surface area contributed by atoms with Crippen LogP contribution in [0.2, 0.25) is 0 Å². The summed E-state index contributed by atoms with van der Waals surface area (Å²) >= 11 is 0. The van der Waals surface area contributed by atoms with Crippen LogP contribution in [0.5, 0.6) is 0 Å². The monoisotopic (exact) mass is 398 g/mol. The quantitative estimate of drug-likeness (QED) is 0.808. The maximum absolute atomic E-state index is 13.7. The van der Waals surface area contributed by atoms with Crippen LogP contribution in [0.4, 0.5) is 35.2 Å². The number of halogens is 3. The van der Waals surface area contributed by atoms with Gasteiger partial charge in [-0.3, -0.25) is 5.32 Å². The number of carbonyl (C=O) groups excluding carboxylic acids is 1. The highest BCUT2D eigenvalue weighted by Crippen LogP contribution is 2.39. The van der Waals surface area contributed by atoms with Crippen molar-refractivity contribution in [2.24, 2.45) is 0 Å². The van der Waals surface area contributed by atoms with Gasteiger partial charge in [-0.1, -0.05) is 5.16 Å². The third-order valence-electron chi connectivity index (χ3n) is 4.19. The summed E-state index contributed by atoms with van der Waals surface area (Å²) in [5, 5.41) is 8.38. The summed E-state index contributed by atoms with van der Waals surface area (Å²) < 4.78 is 51.4. The van der Waals surface area contributed by atoms with E-state index < -0.39 is 17.8 Å². The maximum atomic E-state index is 13.7. The second-order valence-electron chi connectivity index (χ2n) is 6.79. The predicted molar refractivity (Wildman–Crippen MR) is 97.5 cm³/mol. The number of alkyl halides is 3. The van der Waals surface area contributed by atoms with Crippen LogP contribution in [0, 0.1) is 6.92 Å². The highest BCUT2D eigenvalue weighted by Gasteiger charge is 2.36. The fourth-order valence-electron chi connectivity index (χ4n) is 3.20. The third kappa shape index (κ3) is 4.75. The summed E-state index contributed by atoms with van der Waals surface area (Å²) in [6, 6.07) is 4.49. The lowest BCUT2D eigenvalue weighted by molar-refractivity contribution is -0.137. The van der Waals surface area contributed by atoms with E-state index in [4.69, 9.17) is 9.26 Å². The van der Waals surface area contributed by atoms with Gasteiger partial charge in [-0.2, -0.15) is 13.2 Å². The number of benzene rings is 1. The molecule has 1 aliphatic rings. The number of hydrogen-bond donors (Lipinski definition) is 2. The van der Waals surface area contributed by atoms with E-state index in [-0.39, 0.29) is 29.4 Å². The number of urea groups is 1. The van der Waals surface area contributed by atoms with Crippen LogP contribution >= 0.6 is 0 Å². The average molecular weight is 398 g/mol. The largest absolute Gasteiger partial charge is 0.418 e. The van der Waals surface area contributed by atoms with E-state index in [1.54, 1.807) is 11.8 Å². The van der Waals surface area contributed by atoms with E-state index >= 15 is 0 Å². The van der Waals surface area contributed by atoms with Crippen molar-refractivity contribution in [1.82, 2.24) is 5.16 Å². The standard InChI is InChI=1S/C18H21F3N4O3/c1-10-6-16(24-28-10)23-17(26)22-13-4-5-15(14(7-13)18(19,20)21)25-8-11(2)27-12(3)9-25/h4-7,11-12H,8-9H2,1-3H3,(H2,22,23,24,26)/t11-,12+. The summed E-state index contributed by atoms with van der Waals surface area (Å²) in [4.78, 5) is 13.7. The lowest BCUT2D eigenvalue weighted by Gasteiger charge is -2.38. The van der Waals surface area contributed by atoms with E-state index in [2.05, 4.69) is 15.8 Å². The molecule has 0 saturated carbocycles. The smallest absolute Gasteiger partial charge is 0.372 e. The summed E-state index contributed by atoms with van der Waals surface area (Å²) in [6.07, 6.45) is -4.93. The summed E-state index contributed by atoms with van der Waals surface area (Å²) in [7, 11) is 0. The summed E-state index contributed by atoms with van der Waals surface area (Å²) in [5.41, 5.74) is -0.736. The fourth-order valence-corrected chi connectivity index (χ4v) is 3.20. The molecule has 0 spiro atoms. The number of aromatic nitrogens is 1. The fraction of sp³-hybridized carbons (Fsp3) is 0.444. The molecule has 0 radical (unpaired) electrons. The SMILES string of the molecule is Cc1cc(NC(=O)Nc2ccc(N3C[C@@H](C)O[C@@H](C)C3)c(C(F)(F)F)c2)no1. The molecule has 3 rings (SSSR count). The number of morpholine rings is 1. The van der Waals surface area contributed by atoms with E-state index in [0.29, 0.717) is 18.8 Å². The normalized spacial score (nSPS) is 20.1. The molecule has 1 saturated heterocycles. The highest BCUT2D eigenvalue weighted by atomic mass is 19.4. The zero-order valence-corrected chi connectivity index (χ0v) is 15.6. The number of hydrogen-bond acceptors (Lipinski definition) is 5. The van der Waals surface area contributed by atoms with E-state index in [1.165, 1.54) is 18.2 Å². The Balaban J connectivity index is 1.81. The Bertz CT molecular complexity index is 843. The Morgan fingerprint density at radius 2 is 1.86 bits per heavy atom. The van der Waals surface area contributed by atoms with Gasteiger partial charge in [0.2, 0.25) is 0 Å². The van der Waals surface area contributed by atoms with Crippen LogP contribution in [-0.2, 0) is 10.9 Å². The molecule has 0 aliphatic carbocycles. The second-order valence-corrected chi connectivity index (χ2v) is 6.79. The van der Waals surface area contributed by atoms with Crippen LogP contribution in [-0.4, -0.2) is 36.5 Å². The molecule has 7 nitrogen and oxygen atoms in total. The van der Waals surface area contributed by atoms with Crippen LogP contribution in [0.1, 0.15) is 25.2 Å². The van der Waals surface area contributed by atoms with Crippen LogP contribution < -0.4 is 15.5 Å². The lowest BCUT2D eigenvalue weighted by atomic mass is 10.1. The zero-order chi connectivity index (χ0) is 20.5. The van der Waals surface area contributed by atoms with Gasteiger partial charge < -0.3 is 19.5 Å². The second kappa shape index (κ2) is 7.70. The molecule has 1 aromatic carbocycles. The molecule has 1 aliphatic heterocycles. The number of carbonyl (C=O) groups is 1. The molecule has 2 N–H and O–H groups in total. The molecule has 0 bridgehead atoms. The van der Waals surface area contributed by atoms with Crippen molar-refractivity contribution < 1.29 is 27.2 Å². The van der Waals surface area contributed by atoms with Gasteiger partial charge in [-0.25, -0.2) is 4.79 Å². The molecular formula is C18H21F3N4O3. The first kappa shape index (κ1) is 20.0. The Morgan fingerprint density at radius 1 is 1.18 bits per heavy atom. The van der Waals surface area contributed by atoms with Crippen molar-refractivity contribution in [3.05, 3.63) is 35.6 Å². The minimum atomic E-state index is -4.57. The van der Waals surface area contributed by atoms with E-state index in [1.807, 2.05) is 13.8 Å². The molecular weight excluding hydrogens is 377 g/mol. The van der Waals surface area contributed by atoms with Gasteiger partial charge in [-0.15, -0.1) is 0 Å². The number of ether oxygens (including phenoxy) is 1. The summed E-state index contributed by atoms with van der Waals surface area (Å²) in [6.45, 7) is 6.00. The number of nitrogens with zero attached hydrogens (tertiary/aromatic N) is 2. The minimum absolute atomic E-state index is 0.0168. The van der Waals surface area contributed by atoms with Crippen molar-refractivity contribution in [2.75, 3.05) is 28.6 Å². The van der Waals surface area contributed by atoms with Gasteiger partial charge in [0.1, 0.15) is 5.76 Å². The Hall–Kier alpha value is -2.75. The first-order valence-electron chi connectivity index (χ1n) is 8.75. The average Bonchev–Trinajstić information content (AvgIpc) is 2.97. The Morgan fingerprint density at radius 3 is 2.43 bits per heavy atom. The molecule has 2 amide bonds. The van der Waals surface area contributed by atoms with Crippen molar-refractivity contribution in [1.29, 1.82) is 0 Å². The number of nitrogens with one attached hydrogen (secondary N) is 2. The molecule has 0 unspecified atom stereocenters. The number of amides is 2. The molecule has 2 aromatic rings. The molecule has 1 fully saturated rings. The first-order valence-corrected chi connectivity index (χ1v) is 8.75. The zero-order valence-electron chi connectivity index (χ0n) is 15.6. The molecule has 152 valence electrons. The maximum Gasteiger partial charge on any atom is 0.418 e. The number of rotatable bonds is 3. The van der Waals surface area contributed by atoms with Gasteiger partial charge in [0.25, 0.3) is 0 Å². The van der Waals surface area contributed by atoms with Crippen LogP contribution in [0.15, 0.2) is 28.8 Å². The van der Waals surface area contributed by atoms with Gasteiger partial charge in [0.15, 0.2) is 5.82 Å². The predicted octanol–water partition coefficient (Wildman–Crippen LogP) is 4.26. The van der Waals surface area contributed by atoms with E-state index in [0.717, 1.165) is 6.07 Å².